The summed E-state index contributed by atoms with van der Waals surface area (Å²) in [7, 11) is -2.06. The van der Waals surface area contributed by atoms with Gasteiger partial charge in [0, 0.05) is 26.8 Å². The number of rotatable bonds is 6. The summed E-state index contributed by atoms with van der Waals surface area (Å²) in [5.41, 5.74) is 7.16. The van der Waals surface area contributed by atoms with Crippen LogP contribution in [0.5, 0.6) is 0 Å². The van der Waals surface area contributed by atoms with Crippen LogP contribution in [0.3, 0.4) is 0 Å². The van der Waals surface area contributed by atoms with E-state index in [1.807, 2.05) is 6.07 Å². The van der Waals surface area contributed by atoms with E-state index < -0.39 is 21.3 Å². The maximum Gasteiger partial charge on any atom is 0.243 e. The summed E-state index contributed by atoms with van der Waals surface area (Å²) < 4.78 is 32.8. The fourth-order valence-corrected chi connectivity index (χ4v) is 5.59. The molecule has 1 fully saturated rings. The van der Waals surface area contributed by atoms with Crippen molar-refractivity contribution in [2.45, 2.75) is 43.4 Å². The zero-order chi connectivity index (χ0) is 18.1. The minimum absolute atomic E-state index is 0.130. The van der Waals surface area contributed by atoms with Crippen molar-refractivity contribution < 1.29 is 17.9 Å². The Morgan fingerprint density at radius 3 is 2.76 bits per heavy atom. The summed E-state index contributed by atoms with van der Waals surface area (Å²) in [5, 5.41) is 0. The molecule has 7 heteroatoms. The third-order valence-electron chi connectivity index (χ3n) is 5.56. The first-order valence-corrected chi connectivity index (χ1v) is 10.2. The van der Waals surface area contributed by atoms with E-state index in [1.165, 1.54) is 9.87 Å². The average Bonchev–Trinajstić information content (AvgIpc) is 3.07. The van der Waals surface area contributed by atoms with Crippen molar-refractivity contribution in [3.05, 3.63) is 29.3 Å². The van der Waals surface area contributed by atoms with E-state index in [-0.39, 0.29) is 6.54 Å². The van der Waals surface area contributed by atoms with Crippen molar-refractivity contribution in [1.29, 1.82) is 0 Å². The van der Waals surface area contributed by atoms with Crippen LogP contribution in [-0.2, 0) is 32.4 Å². The Kier molecular flexibility index (Phi) is 5.18. The summed E-state index contributed by atoms with van der Waals surface area (Å²) in [4.78, 5) is 12.4. The molecule has 0 saturated carbocycles. The summed E-state index contributed by atoms with van der Waals surface area (Å²) in [5.74, 6) is -0.446. The van der Waals surface area contributed by atoms with Crippen LogP contribution in [0.1, 0.15) is 36.8 Å². The molecule has 2 N–H and O–H groups in total. The molecule has 1 aliphatic carbocycles. The first-order chi connectivity index (χ1) is 11.9. The van der Waals surface area contributed by atoms with Crippen LogP contribution in [0, 0.1) is 5.41 Å². The molecule has 25 heavy (non-hydrogen) atoms. The van der Waals surface area contributed by atoms with E-state index >= 15 is 0 Å². The number of ether oxygens (including phenoxy) is 1. The van der Waals surface area contributed by atoms with Crippen LogP contribution in [0.2, 0.25) is 0 Å². The predicted octanol–water partition coefficient (Wildman–Crippen LogP) is 1.47. The first-order valence-electron chi connectivity index (χ1n) is 8.80. The van der Waals surface area contributed by atoms with Crippen LogP contribution in [0.4, 0.5) is 0 Å². The van der Waals surface area contributed by atoms with Crippen molar-refractivity contribution >= 4 is 15.9 Å². The van der Waals surface area contributed by atoms with Gasteiger partial charge in [0.2, 0.25) is 15.9 Å². The van der Waals surface area contributed by atoms with Gasteiger partial charge in [-0.3, -0.25) is 4.79 Å². The molecule has 1 amide bonds. The van der Waals surface area contributed by atoms with Crippen molar-refractivity contribution in [3.63, 3.8) is 0 Å². The molecule has 1 unspecified atom stereocenters. The monoisotopic (exact) mass is 366 g/mol. The van der Waals surface area contributed by atoms with Gasteiger partial charge in [0.15, 0.2) is 0 Å². The Hall–Kier alpha value is -1.44. The zero-order valence-corrected chi connectivity index (χ0v) is 15.5. The summed E-state index contributed by atoms with van der Waals surface area (Å²) >= 11 is 0. The highest BCUT2D eigenvalue weighted by molar-refractivity contribution is 7.89. The number of hydrogen-bond donors (Lipinski definition) is 1. The molecule has 3 rings (SSSR count). The molecule has 0 spiro atoms. The van der Waals surface area contributed by atoms with Gasteiger partial charge in [-0.05, 0) is 61.8 Å². The van der Waals surface area contributed by atoms with Gasteiger partial charge in [-0.25, -0.2) is 8.42 Å². The van der Waals surface area contributed by atoms with Gasteiger partial charge < -0.3 is 10.5 Å². The molecule has 1 aromatic carbocycles. The first kappa shape index (κ1) is 18.4. The normalized spacial score (nSPS) is 24.2. The lowest BCUT2D eigenvalue weighted by Gasteiger charge is -2.40. The Balaban J connectivity index is 1.87. The SMILES string of the molecule is COCCC1(C(N)=O)CCCN(S(=O)(=O)c2ccc3c(c2)CCC3)C1. The van der Waals surface area contributed by atoms with Crippen molar-refractivity contribution in [2.75, 3.05) is 26.8 Å². The molecular formula is C18H26N2O4S. The van der Waals surface area contributed by atoms with Crippen LogP contribution < -0.4 is 5.73 Å². The van der Waals surface area contributed by atoms with Crippen molar-refractivity contribution in [3.8, 4) is 0 Å². The third kappa shape index (κ3) is 3.45. The van der Waals surface area contributed by atoms with Gasteiger partial charge >= 0.3 is 0 Å². The second-order valence-corrected chi connectivity index (χ2v) is 9.05. The second-order valence-electron chi connectivity index (χ2n) is 7.11. The molecule has 2 aliphatic rings. The Morgan fingerprint density at radius 2 is 2.04 bits per heavy atom. The van der Waals surface area contributed by atoms with Gasteiger partial charge in [-0.1, -0.05) is 6.07 Å². The van der Waals surface area contributed by atoms with E-state index in [0.717, 1.165) is 24.8 Å². The van der Waals surface area contributed by atoms with Gasteiger partial charge in [0.25, 0.3) is 0 Å². The number of nitrogens with two attached hydrogens (primary N) is 1. The van der Waals surface area contributed by atoms with E-state index in [0.29, 0.717) is 37.3 Å². The molecule has 6 nitrogen and oxygen atoms in total. The number of sulfonamides is 1. The number of primary amides is 1. The number of methoxy groups -OCH3 is 1. The Bertz CT molecular complexity index is 762. The molecule has 1 atom stereocenters. The number of nitrogens with zero attached hydrogens (tertiary/aromatic N) is 1. The number of amides is 1. The van der Waals surface area contributed by atoms with Gasteiger partial charge in [0.1, 0.15) is 0 Å². The lowest BCUT2D eigenvalue weighted by atomic mass is 9.77. The number of aryl methyl sites for hydroxylation is 2. The van der Waals surface area contributed by atoms with E-state index in [4.69, 9.17) is 10.5 Å². The molecule has 1 aliphatic heterocycles. The highest BCUT2D eigenvalue weighted by atomic mass is 32.2. The number of piperidine rings is 1. The average molecular weight is 366 g/mol. The highest BCUT2D eigenvalue weighted by Crippen LogP contribution is 2.36. The van der Waals surface area contributed by atoms with E-state index in [1.54, 1.807) is 19.2 Å². The number of fused-ring (bicyclic) bond motifs is 1. The predicted molar refractivity (Wildman–Crippen MR) is 94.6 cm³/mol. The lowest BCUT2D eigenvalue weighted by molar-refractivity contribution is -0.131. The number of carbonyl (C=O) groups is 1. The molecular weight excluding hydrogens is 340 g/mol. The Morgan fingerprint density at radius 1 is 1.28 bits per heavy atom. The standard InChI is InChI=1S/C18H26N2O4S/c1-24-11-9-18(17(19)21)8-3-10-20(13-18)25(22,23)16-7-6-14-4-2-5-15(14)12-16/h6-7,12H,2-5,8-11,13H2,1H3,(H2,19,21). The van der Waals surface area contributed by atoms with Crippen LogP contribution >= 0.6 is 0 Å². The number of benzene rings is 1. The lowest BCUT2D eigenvalue weighted by Crippen LogP contribution is -2.52. The highest BCUT2D eigenvalue weighted by Gasteiger charge is 2.44. The minimum atomic E-state index is -3.63. The zero-order valence-electron chi connectivity index (χ0n) is 14.7. The molecule has 1 heterocycles. The third-order valence-corrected chi connectivity index (χ3v) is 7.40. The minimum Gasteiger partial charge on any atom is -0.385 e. The van der Waals surface area contributed by atoms with E-state index in [9.17, 15) is 13.2 Å². The van der Waals surface area contributed by atoms with Crippen LogP contribution in [0.25, 0.3) is 0 Å². The maximum atomic E-state index is 13.1. The summed E-state index contributed by atoms with van der Waals surface area (Å²) in [6.07, 6.45) is 4.68. The van der Waals surface area contributed by atoms with Crippen molar-refractivity contribution in [2.24, 2.45) is 11.1 Å². The number of hydrogen-bond acceptors (Lipinski definition) is 4. The smallest absolute Gasteiger partial charge is 0.243 e. The second kappa shape index (κ2) is 7.05. The van der Waals surface area contributed by atoms with Crippen LogP contribution in [0.15, 0.2) is 23.1 Å². The maximum absolute atomic E-state index is 13.1. The molecule has 0 radical (unpaired) electrons. The Labute approximate surface area is 149 Å². The topological polar surface area (TPSA) is 89.7 Å². The molecule has 0 bridgehead atoms. The van der Waals surface area contributed by atoms with Crippen molar-refractivity contribution in [1.82, 2.24) is 4.31 Å². The van der Waals surface area contributed by atoms with Crippen LogP contribution in [-0.4, -0.2) is 45.4 Å². The molecule has 0 aromatic heterocycles. The number of carbonyl (C=O) groups excluding carboxylic acids is 1. The quantitative estimate of drug-likeness (QED) is 0.825. The molecule has 138 valence electrons. The fraction of sp³-hybridized carbons (Fsp3) is 0.611. The summed E-state index contributed by atoms with van der Waals surface area (Å²) in [6.45, 7) is 0.933. The summed E-state index contributed by atoms with van der Waals surface area (Å²) in [6, 6.07) is 5.41. The van der Waals surface area contributed by atoms with Gasteiger partial charge in [-0.15, -0.1) is 0 Å². The molecule has 1 saturated heterocycles. The molecule has 1 aromatic rings. The fourth-order valence-electron chi connectivity index (χ4n) is 3.98. The largest absolute Gasteiger partial charge is 0.385 e. The van der Waals surface area contributed by atoms with Gasteiger partial charge in [-0.2, -0.15) is 4.31 Å². The van der Waals surface area contributed by atoms with E-state index in [2.05, 4.69) is 0 Å². The van der Waals surface area contributed by atoms with Gasteiger partial charge in [0.05, 0.1) is 10.3 Å².